The molecule has 0 aliphatic rings. The summed E-state index contributed by atoms with van der Waals surface area (Å²) >= 11 is 0. The van der Waals surface area contributed by atoms with Gasteiger partial charge in [-0.05, 0) is 0 Å². The second-order valence-electron chi connectivity index (χ2n) is 2.95. The van der Waals surface area contributed by atoms with E-state index in [1.54, 1.807) is 0 Å². The molecule has 0 fully saturated rings. The van der Waals surface area contributed by atoms with Crippen LogP contribution in [0.5, 0.6) is 0 Å². The Morgan fingerprint density at radius 3 is 1.75 bits per heavy atom. The molecule has 6 nitrogen and oxygen atoms in total. The minimum absolute atomic E-state index is 1.29. The highest BCUT2D eigenvalue weighted by molar-refractivity contribution is 5.97. The Bertz CT molecular complexity index is 323. The zero-order chi connectivity index (χ0) is 13.1. The Balaban J connectivity index is 4.91. The van der Waals surface area contributed by atoms with Gasteiger partial charge in [-0.1, -0.05) is 0 Å². The third kappa shape index (κ3) is 3.19. The van der Waals surface area contributed by atoms with E-state index in [9.17, 15) is 27.6 Å². The Kier molecular flexibility index (Phi) is 4.01. The summed E-state index contributed by atoms with van der Waals surface area (Å²) in [6, 6.07) is 0. The van der Waals surface area contributed by atoms with E-state index in [4.69, 9.17) is 15.3 Å². The maximum Gasteiger partial charge on any atom is 0.428 e. The third-order valence-electron chi connectivity index (χ3n) is 1.62. The number of alkyl halides is 3. The molecule has 3 N–H and O–H groups in total. The molecule has 0 aliphatic carbocycles. The highest BCUT2D eigenvalue weighted by Gasteiger charge is 2.60. The standard InChI is InChI=1S/C7H7F3O6/c8-7(9,10)6(16,5(14)15)2-3(11)1-4(12)13/h16H,1-2H2,(H,12,13)(H,14,15). The van der Waals surface area contributed by atoms with Crippen molar-refractivity contribution in [2.75, 3.05) is 0 Å². The molecule has 0 heterocycles. The summed E-state index contributed by atoms with van der Waals surface area (Å²) in [5.41, 5.74) is -4.25. The molecule has 1 unspecified atom stereocenters. The Morgan fingerprint density at radius 2 is 1.50 bits per heavy atom. The molecule has 0 aliphatic heterocycles. The zero-order valence-electron chi connectivity index (χ0n) is 7.61. The first-order valence-electron chi connectivity index (χ1n) is 3.76. The molecule has 0 bridgehead atoms. The molecule has 9 heteroatoms. The van der Waals surface area contributed by atoms with Crippen molar-refractivity contribution in [2.45, 2.75) is 24.6 Å². The Morgan fingerprint density at radius 1 is 1.06 bits per heavy atom. The second-order valence-corrected chi connectivity index (χ2v) is 2.95. The van der Waals surface area contributed by atoms with Gasteiger partial charge >= 0.3 is 18.1 Å². The number of ketones is 1. The third-order valence-corrected chi connectivity index (χ3v) is 1.62. The number of hydrogen-bond donors (Lipinski definition) is 3. The van der Waals surface area contributed by atoms with E-state index in [0.29, 0.717) is 0 Å². The van der Waals surface area contributed by atoms with Gasteiger partial charge in [-0.15, -0.1) is 0 Å². The van der Waals surface area contributed by atoms with Crippen molar-refractivity contribution in [3.63, 3.8) is 0 Å². The molecule has 0 rings (SSSR count). The fraction of sp³-hybridized carbons (Fsp3) is 0.571. The number of aliphatic hydroxyl groups is 1. The molecule has 92 valence electrons. The van der Waals surface area contributed by atoms with E-state index < -0.39 is 42.3 Å². The van der Waals surface area contributed by atoms with Crippen LogP contribution in [0.25, 0.3) is 0 Å². The fourth-order valence-corrected chi connectivity index (χ4v) is 0.814. The topological polar surface area (TPSA) is 112 Å². The van der Waals surface area contributed by atoms with Gasteiger partial charge in [0.05, 0.1) is 6.42 Å². The summed E-state index contributed by atoms with van der Waals surface area (Å²) in [5.74, 6) is -5.90. The van der Waals surface area contributed by atoms with Crippen LogP contribution >= 0.6 is 0 Å². The van der Waals surface area contributed by atoms with E-state index in [2.05, 4.69) is 0 Å². The molecule has 0 saturated heterocycles. The number of halogens is 3. The van der Waals surface area contributed by atoms with Gasteiger partial charge in [0.2, 0.25) is 0 Å². The van der Waals surface area contributed by atoms with E-state index in [-0.39, 0.29) is 0 Å². The first-order chi connectivity index (χ1) is 7.00. The molecule has 0 saturated carbocycles. The second kappa shape index (κ2) is 4.47. The monoisotopic (exact) mass is 244 g/mol. The number of hydrogen-bond acceptors (Lipinski definition) is 4. The van der Waals surface area contributed by atoms with Crippen LogP contribution in [-0.4, -0.2) is 44.8 Å². The van der Waals surface area contributed by atoms with Gasteiger partial charge < -0.3 is 15.3 Å². The van der Waals surface area contributed by atoms with Gasteiger partial charge in [0.25, 0.3) is 5.60 Å². The molecule has 0 amide bonds. The number of carboxylic acid groups (broad SMARTS) is 2. The predicted octanol–water partition coefficient (Wildman–Crippen LogP) is -0.202. The highest BCUT2D eigenvalue weighted by Crippen LogP contribution is 2.33. The molecular formula is C7H7F3O6. The van der Waals surface area contributed by atoms with Crippen molar-refractivity contribution < 1.29 is 42.9 Å². The Hall–Kier alpha value is -1.64. The quantitative estimate of drug-likeness (QED) is 0.577. The van der Waals surface area contributed by atoms with Crippen LogP contribution in [0.15, 0.2) is 0 Å². The molecule has 0 aromatic heterocycles. The van der Waals surface area contributed by atoms with Crippen molar-refractivity contribution in [2.24, 2.45) is 0 Å². The average molecular weight is 244 g/mol. The van der Waals surface area contributed by atoms with Crippen molar-refractivity contribution >= 4 is 17.7 Å². The summed E-state index contributed by atoms with van der Waals surface area (Å²) in [7, 11) is 0. The lowest BCUT2D eigenvalue weighted by Crippen LogP contribution is -2.53. The van der Waals surface area contributed by atoms with Gasteiger partial charge in [-0.3, -0.25) is 9.59 Å². The molecule has 0 aromatic carbocycles. The molecule has 0 spiro atoms. The van der Waals surface area contributed by atoms with Crippen LogP contribution in [0.1, 0.15) is 12.8 Å². The lowest BCUT2D eigenvalue weighted by Gasteiger charge is -2.24. The summed E-state index contributed by atoms with van der Waals surface area (Å²) in [6.45, 7) is 0. The zero-order valence-corrected chi connectivity index (χ0v) is 7.61. The van der Waals surface area contributed by atoms with Gasteiger partial charge in [0.15, 0.2) is 0 Å². The number of carboxylic acids is 2. The van der Waals surface area contributed by atoms with Crippen molar-refractivity contribution in [3.05, 3.63) is 0 Å². The molecular weight excluding hydrogens is 237 g/mol. The largest absolute Gasteiger partial charge is 0.481 e. The van der Waals surface area contributed by atoms with Gasteiger partial charge in [-0.25, -0.2) is 4.79 Å². The van der Waals surface area contributed by atoms with Crippen LogP contribution < -0.4 is 0 Å². The number of carbonyl (C=O) groups is 3. The first kappa shape index (κ1) is 14.4. The van der Waals surface area contributed by atoms with Crippen LogP contribution in [0, 0.1) is 0 Å². The van der Waals surface area contributed by atoms with Gasteiger partial charge in [-0.2, -0.15) is 13.2 Å². The number of Topliss-reactive ketones (excluding diaryl/α,β-unsaturated/α-hetero) is 1. The maximum atomic E-state index is 12.1. The summed E-state index contributed by atoms with van der Waals surface area (Å²) in [6.07, 6.45) is -8.68. The Labute approximate surface area is 86.3 Å². The van der Waals surface area contributed by atoms with Gasteiger partial charge in [0, 0.05) is 0 Å². The van der Waals surface area contributed by atoms with Crippen molar-refractivity contribution in [1.29, 1.82) is 0 Å². The highest BCUT2D eigenvalue weighted by atomic mass is 19.4. The minimum Gasteiger partial charge on any atom is -0.481 e. The maximum absolute atomic E-state index is 12.1. The van der Waals surface area contributed by atoms with E-state index >= 15 is 0 Å². The smallest absolute Gasteiger partial charge is 0.428 e. The first-order valence-corrected chi connectivity index (χ1v) is 3.76. The van der Waals surface area contributed by atoms with Crippen molar-refractivity contribution in [3.8, 4) is 0 Å². The number of rotatable bonds is 5. The number of carbonyl (C=O) groups excluding carboxylic acids is 1. The summed E-state index contributed by atoms with van der Waals surface area (Å²) in [4.78, 5) is 30.9. The van der Waals surface area contributed by atoms with Crippen LogP contribution in [0.4, 0.5) is 13.2 Å². The normalized spacial score (nSPS) is 15.2. The molecule has 16 heavy (non-hydrogen) atoms. The molecule has 1 atom stereocenters. The van der Waals surface area contributed by atoms with Crippen LogP contribution in [0.3, 0.4) is 0 Å². The molecule has 0 aromatic rings. The predicted molar refractivity (Wildman–Crippen MR) is 40.5 cm³/mol. The van der Waals surface area contributed by atoms with Gasteiger partial charge in [0.1, 0.15) is 12.2 Å². The summed E-state index contributed by atoms with van der Waals surface area (Å²) in [5, 5.41) is 25.0. The van der Waals surface area contributed by atoms with Crippen molar-refractivity contribution in [1.82, 2.24) is 0 Å². The van der Waals surface area contributed by atoms with E-state index in [1.165, 1.54) is 0 Å². The van der Waals surface area contributed by atoms with E-state index in [1.807, 2.05) is 0 Å². The lowest BCUT2D eigenvalue weighted by molar-refractivity contribution is -0.260. The van der Waals surface area contributed by atoms with Crippen LogP contribution in [-0.2, 0) is 14.4 Å². The van der Waals surface area contributed by atoms with E-state index in [0.717, 1.165) is 0 Å². The lowest BCUT2D eigenvalue weighted by atomic mass is 9.95. The fourth-order valence-electron chi connectivity index (χ4n) is 0.814. The molecule has 0 radical (unpaired) electrons. The SMILES string of the molecule is O=C(O)CC(=O)CC(O)(C(=O)O)C(F)(F)F. The minimum atomic E-state index is -5.56. The van der Waals surface area contributed by atoms with Crippen LogP contribution in [0.2, 0.25) is 0 Å². The number of aliphatic carboxylic acids is 2. The summed E-state index contributed by atoms with van der Waals surface area (Å²) < 4.78 is 36.4. The average Bonchev–Trinajstić information content (AvgIpc) is 1.99.